The zero-order valence-electron chi connectivity index (χ0n) is 10.2. The molecule has 0 unspecified atom stereocenters. The van der Waals surface area contributed by atoms with Crippen LogP contribution in [0.5, 0.6) is 5.75 Å². The first-order chi connectivity index (χ1) is 9.54. The van der Waals surface area contributed by atoms with Crippen molar-refractivity contribution in [2.45, 2.75) is 19.3 Å². The average molecular weight is 329 g/mol. The first-order valence-corrected chi connectivity index (χ1v) is 7.60. The number of aromatic hydroxyl groups is 1. The van der Waals surface area contributed by atoms with Crippen LogP contribution >= 0.6 is 34.5 Å². The lowest BCUT2D eigenvalue weighted by Gasteiger charge is -2.05. The van der Waals surface area contributed by atoms with Crippen LogP contribution in [0.1, 0.15) is 27.3 Å². The van der Waals surface area contributed by atoms with Crippen molar-refractivity contribution in [2.24, 2.45) is 0 Å². The van der Waals surface area contributed by atoms with Gasteiger partial charge in [-0.05, 0) is 31.4 Å². The van der Waals surface area contributed by atoms with E-state index >= 15 is 0 Å². The molecule has 0 radical (unpaired) electrons. The number of amides is 1. The molecule has 1 aliphatic rings. The summed E-state index contributed by atoms with van der Waals surface area (Å²) < 4.78 is 0. The van der Waals surface area contributed by atoms with Gasteiger partial charge in [-0.1, -0.05) is 23.2 Å². The predicted octanol–water partition coefficient (Wildman–Crippen LogP) is 3.90. The summed E-state index contributed by atoms with van der Waals surface area (Å²) in [6, 6.07) is 2.75. The highest BCUT2D eigenvalue weighted by Crippen LogP contribution is 2.34. The van der Waals surface area contributed by atoms with Crippen molar-refractivity contribution in [1.29, 1.82) is 0 Å². The topological polar surface area (TPSA) is 62.2 Å². The second-order valence-corrected chi connectivity index (χ2v) is 6.38. The fraction of sp³-hybridized carbons (Fsp3) is 0.231. The van der Waals surface area contributed by atoms with Crippen molar-refractivity contribution in [3.05, 3.63) is 38.3 Å². The Morgan fingerprint density at radius 2 is 2.00 bits per heavy atom. The Labute approximate surface area is 129 Å². The second-order valence-electron chi connectivity index (χ2n) is 4.49. The lowest BCUT2D eigenvalue weighted by atomic mass is 10.2. The highest BCUT2D eigenvalue weighted by atomic mass is 35.5. The molecule has 1 aromatic heterocycles. The number of phenolic OH excluding ortho intramolecular Hbond substituents is 1. The van der Waals surface area contributed by atoms with Gasteiger partial charge in [0.15, 0.2) is 10.9 Å². The van der Waals surface area contributed by atoms with Crippen molar-refractivity contribution >= 4 is 45.6 Å². The molecule has 0 spiro atoms. The number of fused-ring (bicyclic) bond motifs is 1. The number of aromatic nitrogens is 1. The predicted molar refractivity (Wildman–Crippen MR) is 80.2 cm³/mol. The van der Waals surface area contributed by atoms with Crippen molar-refractivity contribution in [1.82, 2.24) is 4.98 Å². The van der Waals surface area contributed by atoms with Crippen molar-refractivity contribution in [2.75, 3.05) is 5.32 Å². The van der Waals surface area contributed by atoms with Gasteiger partial charge in [0.25, 0.3) is 5.91 Å². The van der Waals surface area contributed by atoms with Crippen LogP contribution in [0.4, 0.5) is 5.13 Å². The molecule has 0 bridgehead atoms. The summed E-state index contributed by atoms with van der Waals surface area (Å²) in [4.78, 5) is 17.7. The zero-order valence-corrected chi connectivity index (χ0v) is 12.6. The maximum absolute atomic E-state index is 12.1. The average Bonchev–Trinajstić information content (AvgIpc) is 2.96. The summed E-state index contributed by atoms with van der Waals surface area (Å²) in [6.07, 6.45) is 3.13. The Morgan fingerprint density at radius 3 is 2.65 bits per heavy atom. The third kappa shape index (κ3) is 2.49. The van der Waals surface area contributed by atoms with Gasteiger partial charge in [-0.2, -0.15) is 0 Å². The molecule has 0 saturated heterocycles. The lowest BCUT2D eigenvalue weighted by Crippen LogP contribution is -2.11. The van der Waals surface area contributed by atoms with E-state index in [-0.39, 0.29) is 27.3 Å². The van der Waals surface area contributed by atoms with Crippen molar-refractivity contribution < 1.29 is 9.90 Å². The number of thiazole rings is 1. The van der Waals surface area contributed by atoms with Gasteiger partial charge in [0.05, 0.1) is 15.7 Å². The summed E-state index contributed by atoms with van der Waals surface area (Å²) >= 11 is 13.1. The largest absolute Gasteiger partial charge is 0.505 e. The second kappa shape index (κ2) is 5.24. The van der Waals surface area contributed by atoms with Crippen LogP contribution in [0, 0.1) is 0 Å². The Kier molecular flexibility index (Phi) is 3.58. The molecule has 4 nitrogen and oxygen atoms in total. The number of carbonyl (C=O) groups is 1. The van der Waals surface area contributed by atoms with Crippen LogP contribution in [0.2, 0.25) is 10.0 Å². The number of carbonyl (C=O) groups excluding carboxylic acids is 1. The number of halogens is 2. The molecule has 1 aromatic carbocycles. The van der Waals surface area contributed by atoms with Gasteiger partial charge in [-0.15, -0.1) is 11.3 Å². The lowest BCUT2D eigenvalue weighted by molar-refractivity contribution is 0.102. The molecule has 2 aromatic rings. The van der Waals surface area contributed by atoms with Gasteiger partial charge in [-0.25, -0.2) is 4.98 Å². The van der Waals surface area contributed by atoms with Gasteiger partial charge < -0.3 is 5.11 Å². The number of nitrogens with zero attached hydrogens (tertiary/aromatic N) is 1. The monoisotopic (exact) mass is 328 g/mol. The molecule has 20 heavy (non-hydrogen) atoms. The summed E-state index contributed by atoms with van der Waals surface area (Å²) in [5, 5.41) is 12.9. The van der Waals surface area contributed by atoms with Gasteiger partial charge in [-0.3, -0.25) is 10.1 Å². The third-order valence-corrected chi connectivity index (χ3v) is 4.74. The van der Waals surface area contributed by atoms with Crippen LogP contribution in [0.15, 0.2) is 12.1 Å². The molecular weight excluding hydrogens is 319 g/mol. The molecule has 104 valence electrons. The smallest absolute Gasteiger partial charge is 0.257 e. The minimum atomic E-state index is -0.346. The van der Waals surface area contributed by atoms with Crippen molar-refractivity contribution in [3.8, 4) is 5.75 Å². The van der Waals surface area contributed by atoms with Crippen LogP contribution < -0.4 is 5.32 Å². The first kappa shape index (κ1) is 13.7. The van der Waals surface area contributed by atoms with E-state index in [0.29, 0.717) is 5.13 Å². The highest BCUT2D eigenvalue weighted by molar-refractivity contribution is 7.16. The van der Waals surface area contributed by atoms with E-state index in [0.717, 1.165) is 25.0 Å². The fourth-order valence-corrected chi connectivity index (χ4v) is 3.64. The summed E-state index contributed by atoms with van der Waals surface area (Å²) in [5.41, 5.74) is 1.36. The summed E-state index contributed by atoms with van der Waals surface area (Å²) in [6.45, 7) is 0. The molecule has 0 saturated carbocycles. The Balaban J connectivity index is 1.82. The van der Waals surface area contributed by atoms with E-state index < -0.39 is 0 Å². The molecule has 1 heterocycles. The molecule has 0 aliphatic heterocycles. The van der Waals surface area contributed by atoms with Crippen LogP contribution in [0.25, 0.3) is 0 Å². The minimum absolute atomic E-state index is 0.0456. The molecular formula is C13H10Cl2N2O2S. The number of phenols is 1. The van der Waals surface area contributed by atoms with Crippen molar-refractivity contribution in [3.63, 3.8) is 0 Å². The Morgan fingerprint density at radius 1 is 1.30 bits per heavy atom. The SMILES string of the molecule is O=C(Nc1nc2c(s1)CCC2)c1cc(Cl)c(O)c(Cl)c1. The summed E-state index contributed by atoms with van der Waals surface area (Å²) in [5.74, 6) is -0.570. The molecule has 2 N–H and O–H groups in total. The van der Waals surface area contributed by atoms with Gasteiger partial charge in [0.2, 0.25) is 0 Å². The van der Waals surface area contributed by atoms with Crippen LogP contribution in [-0.4, -0.2) is 16.0 Å². The maximum Gasteiger partial charge on any atom is 0.257 e. The Hall–Kier alpha value is -1.30. The van der Waals surface area contributed by atoms with Crippen LogP contribution in [-0.2, 0) is 12.8 Å². The van der Waals surface area contributed by atoms with Gasteiger partial charge in [0.1, 0.15) is 0 Å². The fourth-order valence-electron chi connectivity index (χ4n) is 2.11. The Bertz CT molecular complexity index is 655. The third-order valence-electron chi connectivity index (χ3n) is 3.10. The number of hydrogen-bond acceptors (Lipinski definition) is 4. The summed E-state index contributed by atoms with van der Waals surface area (Å²) in [7, 11) is 0. The van der Waals surface area contributed by atoms with Crippen LogP contribution in [0.3, 0.4) is 0 Å². The number of anilines is 1. The first-order valence-electron chi connectivity index (χ1n) is 6.02. The number of aryl methyl sites for hydroxylation is 2. The number of benzene rings is 1. The van der Waals surface area contributed by atoms with Gasteiger partial charge >= 0.3 is 0 Å². The highest BCUT2D eigenvalue weighted by Gasteiger charge is 2.19. The standard InChI is InChI=1S/C13H10Cl2N2O2S/c14-7-4-6(5-8(15)11(7)18)12(19)17-13-16-9-2-1-3-10(9)20-13/h4-5,18H,1-3H2,(H,16,17,19). The maximum atomic E-state index is 12.1. The van der Waals surface area contributed by atoms with Gasteiger partial charge in [0, 0.05) is 10.4 Å². The molecule has 3 rings (SSSR count). The number of nitrogens with one attached hydrogen (secondary N) is 1. The minimum Gasteiger partial charge on any atom is -0.505 e. The quantitative estimate of drug-likeness (QED) is 0.878. The van der Waals surface area contributed by atoms with E-state index in [1.165, 1.54) is 28.3 Å². The normalized spacial score (nSPS) is 13.3. The number of hydrogen-bond donors (Lipinski definition) is 2. The number of rotatable bonds is 2. The van der Waals surface area contributed by atoms with E-state index in [9.17, 15) is 9.90 Å². The van der Waals surface area contributed by atoms with E-state index in [1.807, 2.05) is 0 Å². The molecule has 0 fully saturated rings. The van der Waals surface area contributed by atoms with E-state index in [4.69, 9.17) is 23.2 Å². The van der Waals surface area contributed by atoms with E-state index in [1.54, 1.807) is 0 Å². The zero-order chi connectivity index (χ0) is 14.3. The molecule has 1 amide bonds. The molecule has 1 aliphatic carbocycles. The molecule has 7 heteroatoms. The molecule has 0 atom stereocenters. The van der Waals surface area contributed by atoms with E-state index in [2.05, 4.69) is 10.3 Å².